The van der Waals surface area contributed by atoms with E-state index in [1.807, 2.05) is 29.7 Å². The molecule has 2 aliphatic rings. The van der Waals surface area contributed by atoms with E-state index in [-0.39, 0.29) is 5.97 Å². The SMILES string of the molecule is CCCCC(=O)OC1SC=C(CCCc2ccc3c(n2)NCCC3)N1n1nc(C)cc1C. The number of aryl methyl sites for hydroxylation is 4. The molecule has 8 heteroatoms. The molecule has 2 aromatic rings. The van der Waals surface area contributed by atoms with E-state index >= 15 is 0 Å². The number of fused-ring (bicyclic) bond motifs is 1. The number of anilines is 1. The molecule has 0 fully saturated rings. The van der Waals surface area contributed by atoms with E-state index < -0.39 is 5.56 Å². The van der Waals surface area contributed by atoms with Crippen molar-refractivity contribution < 1.29 is 9.53 Å². The van der Waals surface area contributed by atoms with Gasteiger partial charge in [-0.15, -0.1) is 0 Å². The summed E-state index contributed by atoms with van der Waals surface area (Å²) >= 11 is 1.53. The number of ether oxygens (including phenoxy) is 1. The normalized spacial score (nSPS) is 17.7. The Labute approximate surface area is 194 Å². The molecule has 4 heterocycles. The third-order valence-corrected chi connectivity index (χ3v) is 6.73. The molecule has 1 unspecified atom stereocenters. The van der Waals surface area contributed by atoms with Crippen molar-refractivity contribution in [3.8, 4) is 0 Å². The molecule has 0 amide bonds. The summed E-state index contributed by atoms with van der Waals surface area (Å²) < 4.78 is 5.82. The van der Waals surface area contributed by atoms with Crippen LogP contribution in [0.3, 0.4) is 0 Å². The summed E-state index contributed by atoms with van der Waals surface area (Å²) in [6.45, 7) is 7.09. The van der Waals surface area contributed by atoms with Gasteiger partial charge in [0.05, 0.1) is 11.4 Å². The highest BCUT2D eigenvalue weighted by atomic mass is 32.2. The van der Waals surface area contributed by atoms with Gasteiger partial charge in [0.15, 0.2) is 0 Å². The molecule has 0 spiro atoms. The minimum atomic E-state index is -0.418. The average Bonchev–Trinajstić information content (AvgIpc) is 3.33. The molecule has 2 aliphatic heterocycles. The number of thioether (sulfide) groups is 1. The number of hydrogen-bond donors (Lipinski definition) is 1. The maximum absolute atomic E-state index is 12.3. The fourth-order valence-corrected chi connectivity index (χ4v) is 5.13. The first-order valence-corrected chi connectivity index (χ1v) is 12.6. The number of nitrogens with one attached hydrogen (secondary N) is 1. The van der Waals surface area contributed by atoms with Crippen molar-refractivity contribution in [1.82, 2.24) is 14.9 Å². The molecule has 0 bridgehead atoms. The zero-order chi connectivity index (χ0) is 22.5. The predicted molar refractivity (Wildman–Crippen MR) is 129 cm³/mol. The van der Waals surface area contributed by atoms with Crippen LogP contribution < -0.4 is 10.3 Å². The van der Waals surface area contributed by atoms with Crippen LogP contribution in [0.2, 0.25) is 0 Å². The monoisotopic (exact) mass is 455 g/mol. The van der Waals surface area contributed by atoms with Crippen molar-refractivity contribution >= 4 is 23.5 Å². The van der Waals surface area contributed by atoms with Crippen LogP contribution in [0.1, 0.15) is 68.1 Å². The van der Waals surface area contributed by atoms with Gasteiger partial charge in [-0.25, -0.2) is 9.99 Å². The van der Waals surface area contributed by atoms with E-state index in [1.165, 1.54) is 23.7 Å². The van der Waals surface area contributed by atoms with E-state index in [2.05, 4.69) is 34.9 Å². The molecule has 0 aromatic carbocycles. The summed E-state index contributed by atoms with van der Waals surface area (Å²) in [6, 6.07) is 6.41. The van der Waals surface area contributed by atoms with Crippen LogP contribution in [-0.4, -0.2) is 32.9 Å². The van der Waals surface area contributed by atoms with Crippen LogP contribution in [0, 0.1) is 13.8 Å². The minimum Gasteiger partial charge on any atom is -0.430 e. The number of hydrogen-bond acceptors (Lipinski definition) is 7. The van der Waals surface area contributed by atoms with Gasteiger partial charge < -0.3 is 10.1 Å². The number of unbranched alkanes of at least 4 members (excludes halogenated alkanes) is 1. The maximum atomic E-state index is 12.3. The molecule has 172 valence electrons. The van der Waals surface area contributed by atoms with Gasteiger partial charge in [0.25, 0.3) is 0 Å². The molecule has 4 rings (SSSR count). The predicted octanol–water partition coefficient (Wildman–Crippen LogP) is 4.82. The van der Waals surface area contributed by atoms with Crippen molar-refractivity contribution in [1.29, 1.82) is 0 Å². The number of rotatable bonds is 9. The van der Waals surface area contributed by atoms with Gasteiger partial charge in [-0.1, -0.05) is 31.2 Å². The molecular weight excluding hydrogens is 422 g/mol. The number of allylic oxidation sites excluding steroid dienone is 1. The van der Waals surface area contributed by atoms with Crippen molar-refractivity contribution in [3.05, 3.63) is 51.9 Å². The Morgan fingerprint density at radius 2 is 2.16 bits per heavy atom. The third-order valence-electron chi connectivity index (χ3n) is 5.79. The molecule has 1 N–H and O–H groups in total. The quantitative estimate of drug-likeness (QED) is 0.544. The van der Waals surface area contributed by atoms with E-state index in [0.717, 1.165) is 73.7 Å². The molecule has 0 saturated carbocycles. The Bertz CT molecular complexity index is 987. The summed E-state index contributed by atoms with van der Waals surface area (Å²) in [5.74, 6) is 0.893. The summed E-state index contributed by atoms with van der Waals surface area (Å²) in [6.07, 6.45) is 7.28. The Morgan fingerprint density at radius 1 is 1.28 bits per heavy atom. The lowest BCUT2D eigenvalue weighted by Gasteiger charge is -2.29. The number of pyridine rings is 1. The first-order valence-electron chi connectivity index (χ1n) is 11.6. The number of nitrogens with zero attached hydrogens (tertiary/aromatic N) is 4. The largest absolute Gasteiger partial charge is 0.430 e. The summed E-state index contributed by atoms with van der Waals surface area (Å²) in [5.41, 5.74) is 5.10. The lowest BCUT2D eigenvalue weighted by Crippen LogP contribution is -2.42. The third kappa shape index (κ3) is 5.28. The number of carbonyl (C=O) groups is 1. The van der Waals surface area contributed by atoms with Crippen molar-refractivity contribution in [2.75, 3.05) is 16.9 Å². The molecule has 0 radical (unpaired) electrons. The van der Waals surface area contributed by atoms with Crippen LogP contribution in [-0.2, 0) is 22.4 Å². The van der Waals surface area contributed by atoms with Crippen molar-refractivity contribution in [2.45, 2.75) is 77.7 Å². The van der Waals surface area contributed by atoms with E-state index in [1.54, 1.807) is 0 Å². The smallest absolute Gasteiger partial charge is 0.308 e. The van der Waals surface area contributed by atoms with Crippen LogP contribution in [0.25, 0.3) is 0 Å². The van der Waals surface area contributed by atoms with Gasteiger partial charge in [0, 0.05) is 24.4 Å². The zero-order valence-electron chi connectivity index (χ0n) is 19.3. The van der Waals surface area contributed by atoms with E-state index in [9.17, 15) is 4.79 Å². The Kier molecular flexibility index (Phi) is 7.40. The van der Waals surface area contributed by atoms with Gasteiger partial charge in [-0.3, -0.25) is 4.79 Å². The van der Waals surface area contributed by atoms with Crippen molar-refractivity contribution in [3.63, 3.8) is 0 Å². The molecule has 0 saturated heterocycles. The number of carbonyl (C=O) groups excluding carboxylic acids is 1. The van der Waals surface area contributed by atoms with Crippen LogP contribution in [0.4, 0.5) is 5.82 Å². The molecule has 1 atom stereocenters. The van der Waals surface area contributed by atoms with Crippen molar-refractivity contribution in [2.24, 2.45) is 0 Å². The highest BCUT2D eigenvalue weighted by Crippen LogP contribution is 2.34. The second kappa shape index (κ2) is 10.4. The average molecular weight is 456 g/mol. The van der Waals surface area contributed by atoms with E-state index in [4.69, 9.17) is 9.72 Å². The van der Waals surface area contributed by atoms with Gasteiger partial charge in [0.2, 0.25) is 5.56 Å². The van der Waals surface area contributed by atoms with Gasteiger partial charge >= 0.3 is 5.97 Å². The maximum Gasteiger partial charge on any atom is 0.308 e. The van der Waals surface area contributed by atoms with Gasteiger partial charge in [-0.05, 0) is 75.5 Å². The first-order chi connectivity index (χ1) is 15.5. The second-order valence-electron chi connectivity index (χ2n) is 8.50. The second-order valence-corrected chi connectivity index (χ2v) is 9.41. The highest BCUT2D eigenvalue weighted by Gasteiger charge is 2.32. The fourth-order valence-electron chi connectivity index (χ4n) is 4.13. The number of esters is 1. The van der Waals surface area contributed by atoms with Gasteiger partial charge in [0.1, 0.15) is 5.82 Å². The standard InChI is InChI=1S/C24H33N5O2S/c1-4-5-11-22(30)31-24-28(29-18(3)15-17(2)27-29)21(16-32-24)10-6-9-20-13-12-19-8-7-14-25-23(19)26-20/h12-13,15-16,24H,4-11,14H2,1-3H3,(H,25,26). The molecule has 0 aliphatic carbocycles. The zero-order valence-corrected chi connectivity index (χ0v) is 20.1. The molecule has 7 nitrogen and oxygen atoms in total. The molecule has 2 aromatic heterocycles. The Balaban J connectivity index is 1.42. The lowest BCUT2D eigenvalue weighted by molar-refractivity contribution is -0.145. The number of aromatic nitrogens is 3. The first kappa shape index (κ1) is 22.7. The summed E-state index contributed by atoms with van der Waals surface area (Å²) in [4.78, 5) is 19.0. The summed E-state index contributed by atoms with van der Waals surface area (Å²) in [7, 11) is 0. The molecule has 32 heavy (non-hydrogen) atoms. The highest BCUT2D eigenvalue weighted by molar-refractivity contribution is 8.03. The fraction of sp³-hybridized carbons (Fsp3) is 0.542. The van der Waals surface area contributed by atoms with Crippen LogP contribution >= 0.6 is 11.8 Å². The van der Waals surface area contributed by atoms with Gasteiger partial charge in [-0.2, -0.15) is 9.89 Å². The van der Waals surface area contributed by atoms with Crippen LogP contribution in [0.15, 0.2) is 29.3 Å². The van der Waals surface area contributed by atoms with E-state index in [0.29, 0.717) is 6.42 Å². The Morgan fingerprint density at radius 3 is 2.94 bits per heavy atom. The van der Waals surface area contributed by atoms with Crippen LogP contribution in [0.5, 0.6) is 0 Å². The lowest BCUT2D eigenvalue weighted by atomic mass is 10.1. The summed E-state index contributed by atoms with van der Waals surface area (Å²) in [5, 5.41) is 12.2. The Hall–Kier alpha value is -2.48. The molecular formula is C24H33N5O2S. The topological polar surface area (TPSA) is 72.3 Å². The minimum absolute atomic E-state index is 0.156.